The SMILES string of the molecule is Cc1ccc(-c2cccc3c2Oc2cccc4c2B3c2ccccc2O4)nc1. The van der Waals surface area contributed by atoms with Crippen LogP contribution in [-0.4, -0.2) is 11.7 Å². The second-order valence-corrected chi connectivity index (χ2v) is 7.29. The Kier molecular flexibility index (Phi) is 3.18. The second-order valence-electron chi connectivity index (χ2n) is 7.29. The molecule has 132 valence electrons. The fraction of sp³-hybridized carbons (Fsp3) is 0.0417. The molecule has 0 saturated carbocycles. The van der Waals surface area contributed by atoms with Crippen molar-refractivity contribution in [2.45, 2.75) is 6.92 Å². The van der Waals surface area contributed by atoms with Crippen LogP contribution < -0.4 is 25.9 Å². The van der Waals surface area contributed by atoms with Crippen LogP contribution in [0.15, 0.2) is 79.0 Å². The predicted molar refractivity (Wildman–Crippen MR) is 112 cm³/mol. The zero-order chi connectivity index (χ0) is 18.7. The van der Waals surface area contributed by atoms with Gasteiger partial charge < -0.3 is 9.47 Å². The van der Waals surface area contributed by atoms with E-state index in [-0.39, 0.29) is 6.71 Å². The summed E-state index contributed by atoms with van der Waals surface area (Å²) in [7, 11) is 0. The Morgan fingerprint density at radius 2 is 1.46 bits per heavy atom. The highest BCUT2D eigenvalue weighted by Crippen LogP contribution is 2.38. The van der Waals surface area contributed by atoms with Gasteiger partial charge in [0.15, 0.2) is 0 Å². The number of hydrogen-bond donors (Lipinski definition) is 0. The van der Waals surface area contributed by atoms with Gasteiger partial charge in [-0.25, -0.2) is 0 Å². The summed E-state index contributed by atoms with van der Waals surface area (Å²) in [4.78, 5) is 4.63. The van der Waals surface area contributed by atoms with E-state index >= 15 is 0 Å². The Bertz CT molecular complexity index is 1230. The molecule has 0 bridgehead atoms. The molecule has 0 unspecified atom stereocenters. The molecule has 3 aromatic carbocycles. The minimum absolute atomic E-state index is 0.0882. The Hall–Kier alpha value is -3.53. The quantitative estimate of drug-likeness (QED) is 0.418. The van der Waals surface area contributed by atoms with E-state index in [4.69, 9.17) is 9.47 Å². The molecular formula is C24H16BNO2. The minimum atomic E-state index is 0.0882. The van der Waals surface area contributed by atoms with E-state index in [1.165, 1.54) is 5.46 Å². The number of fused-ring (bicyclic) bond motifs is 4. The molecule has 3 nitrogen and oxygen atoms in total. The average Bonchev–Trinajstić information content (AvgIpc) is 2.74. The van der Waals surface area contributed by atoms with Crippen LogP contribution in [0.25, 0.3) is 11.3 Å². The summed E-state index contributed by atoms with van der Waals surface area (Å²) >= 11 is 0. The molecule has 4 aromatic rings. The number of nitrogens with zero attached hydrogens (tertiary/aromatic N) is 1. The number of para-hydroxylation sites is 2. The first-order chi connectivity index (χ1) is 13.8. The van der Waals surface area contributed by atoms with Crippen molar-refractivity contribution in [1.29, 1.82) is 0 Å². The van der Waals surface area contributed by atoms with Crippen molar-refractivity contribution in [3.63, 3.8) is 0 Å². The molecule has 0 fully saturated rings. The van der Waals surface area contributed by atoms with Crippen molar-refractivity contribution in [3.05, 3.63) is 84.6 Å². The molecule has 0 saturated heterocycles. The maximum absolute atomic E-state index is 6.44. The molecule has 1 aromatic heterocycles. The van der Waals surface area contributed by atoms with Gasteiger partial charge in [0.2, 0.25) is 0 Å². The van der Waals surface area contributed by atoms with Gasteiger partial charge in [-0.3, -0.25) is 4.98 Å². The van der Waals surface area contributed by atoms with E-state index < -0.39 is 0 Å². The standard InChI is InChI=1S/C24H16BNO2/c1-15-12-13-19(26-14-15)16-6-4-8-18-24(16)28-22-11-5-10-21-23(22)25(18)17-7-2-3-9-20(17)27-21/h2-14H,1H3. The van der Waals surface area contributed by atoms with Crippen LogP contribution in [0.2, 0.25) is 0 Å². The lowest BCUT2D eigenvalue weighted by molar-refractivity contribution is 0.465. The average molecular weight is 361 g/mol. The molecule has 0 atom stereocenters. The molecule has 28 heavy (non-hydrogen) atoms. The first-order valence-corrected chi connectivity index (χ1v) is 9.43. The van der Waals surface area contributed by atoms with Gasteiger partial charge in [-0.15, -0.1) is 0 Å². The Balaban J connectivity index is 1.63. The van der Waals surface area contributed by atoms with Gasteiger partial charge in [-0.05, 0) is 53.7 Å². The summed E-state index contributed by atoms with van der Waals surface area (Å²) in [6, 6.07) is 24.7. The number of rotatable bonds is 1. The number of pyridine rings is 1. The van der Waals surface area contributed by atoms with Gasteiger partial charge in [0.05, 0.1) is 5.69 Å². The maximum Gasteiger partial charge on any atom is 0.260 e. The van der Waals surface area contributed by atoms with E-state index in [2.05, 4.69) is 47.4 Å². The van der Waals surface area contributed by atoms with E-state index in [0.29, 0.717) is 0 Å². The molecule has 0 N–H and O–H groups in total. The molecule has 0 spiro atoms. The van der Waals surface area contributed by atoms with Gasteiger partial charge >= 0.3 is 0 Å². The summed E-state index contributed by atoms with van der Waals surface area (Å²) < 4.78 is 12.6. The second kappa shape index (κ2) is 5.73. The van der Waals surface area contributed by atoms with Crippen molar-refractivity contribution in [2.24, 2.45) is 0 Å². The van der Waals surface area contributed by atoms with Crippen molar-refractivity contribution >= 4 is 23.1 Å². The highest BCUT2D eigenvalue weighted by molar-refractivity contribution is 6.98. The molecule has 4 heteroatoms. The number of aryl methyl sites for hydroxylation is 1. The van der Waals surface area contributed by atoms with Crippen LogP contribution in [0.5, 0.6) is 23.0 Å². The van der Waals surface area contributed by atoms with Crippen LogP contribution in [0.4, 0.5) is 0 Å². The van der Waals surface area contributed by atoms with Crippen molar-refractivity contribution in [2.75, 3.05) is 0 Å². The lowest BCUT2D eigenvalue weighted by atomic mass is 9.34. The van der Waals surface area contributed by atoms with E-state index in [0.717, 1.165) is 50.7 Å². The topological polar surface area (TPSA) is 31.4 Å². The van der Waals surface area contributed by atoms with Crippen LogP contribution in [0, 0.1) is 6.92 Å². The van der Waals surface area contributed by atoms with Crippen LogP contribution >= 0.6 is 0 Å². The fourth-order valence-corrected chi connectivity index (χ4v) is 4.23. The smallest absolute Gasteiger partial charge is 0.260 e. The van der Waals surface area contributed by atoms with Crippen molar-refractivity contribution in [3.8, 4) is 34.3 Å². The van der Waals surface area contributed by atoms with Gasteiger partial charge in [0.1, 0.15) is 23.0 Å². The van der Waals surface area contributed by atoms with Crippen LogP contribution in [0.1, 0.15) is 5.56 Å². The minimum Gasteiger partial charge on any atom is -0.458 e. The molecule has 2 aliphatic rings. The lowest BCUT2D eigenvalue weighted by Gasteiger charge is -2.33. The third-order valence-corrected chi connectivity index (χ3v) is 5.52. The first kappa shape index (κ1) is 15.5. The van der Waals surface area contributed by atoms with E-state index in [1.807, 2.05) is 43.5 Å². The number of benzene rings is 3. The summed E-state index contributed by atoms with van der Waals surface area (Å²) in [5.41, 5.74) is 6.49. The summed E-state index contributed by atoms with van der Waals surface area (Å²) in [6.45, 7) is 2.13. The molecule has 0 radical (unpaired) electrons. The molecule has 0 aliphatic carbocycles. The van der Waals surface area contributed by atoms with Gasteiger partial charge in [-0.2, -0.15) is 0 Å². The number of ether oxygens (including phenoxy) is 2. The largest absolute Gasteiger partial charge is 0.458 e. The third-order valence-electron chi connectivity index (χ3n) is 5.52. The summed E-state index contributed by atoms with van der Waals surface area (Å²) in [5, 5.41) is 0. The first-order valence-electron chi connectivity index (χ1n) is 9.43. The highest BCUT2D eigenvalue weighted by atomic mass is 16.5. The summed E-state index contributed by atoms with van der Waals surface area (Å²) in [6.07, 6.45) is 1.90. The van der Waals surface area contributed by atoms with E-state index in [9.17, 15) is 0 Å². The number of hydrogen-bond acceptors (Lipinski definition) is 3. The third kappa shape index (κ3) is 2.15. The van der Waals surface area contributed by atoms with E-state index in [1.54, 1.807) is 0 Å². The van der Waals surface area contributed by atoms with Gasteiger partial charge in [0.25, 0.3) is 6.71 Å². The zero-order valence-electron chi connectivity index (χ0n) is 15.3. The summed E-state index contributed by atoms with van der Waals surface area (Å²) in [5.74, 6) is 3.50. The Labute approximate surface area is 163 Å². The molecule has 2 aliphatic heterocycles. The Morgan fingerprint density at radius 1 is 0.714 bits per heavy atom. The zero-order valence-corrected chi connectivity index (χ0v) is 15.3. The normalized spacial score (nSPS) is 13.0. The van der Waals surface area contributed by atoms with Gasteiger partial charge in [-0.1, -0.05) is 42.5 Å². The van der Waals surface area contributed by atoms with Crippen LogP contribution in [-0.2, 0) is 0 Å². The van der Waals surface area contributed by atoms with Gasteiger partial charge in [0, 0.05) is 17.2 Å². The predicted octanol–water partition coefficient (Wildman–Crippen LogP) is 3.78. The molecule has 3 heterocycles. The molecule has 0 amide bonds. The maximum atomic E-state index is 6.44. The van der Waals surface area contributed by atoms with Crippen LogP contribution in [0.3, 0.4) is 0 Å². The Morgan fingerprint density at radius 3 is 2.32 bits per heavy atom. The van der Waals surface area contributed by atoms with Crippen molar-refractivity contribution in [1.82, 2.24) is 4.98 Å². The molecule has 6 rings (SSSR count). The monoisotopic (exact) mass is 361 g/mol. The fourth-order valence-electron chi connectivity index (χ4n) is 4.23. The van der Waals surface area contributed by atoms with Crippen molar-refractivity contribution < 1.29 is 9.47 Å². The lowest BCUT2D eigenvalue weighted by Crippen LogP contribution is -2.57. The molecular weight excluding hydrogens is 345 g/mol. The number of aromatic nitrogens is 1. The highest BCUT2D eigenvalue weighted by Gasteiger charge is 2.40.